The Morgan fingerprint density at radius 3 is 2.37 bits per heavy atom. The van der Waals surface area contributed by atoms with E-state index in [1.165, 1.54) is 0 Å². The first kappa shape index (κ1) is 13.3. The number of benzene rings is 1. The maximum Gasteiger partial charge on any atom is 0.161 e. The van der Waals surface area contributed by atoms with Crippen LogP contribution in [0.5, 0.6) is 11.5 Å². The van der Waals surface area contributed by atoms with Crippen LogP contribution in [-0.4, -0.2) is 24.0 Å². The summed E-state index contributed by atoms with van der Waals surface area (Å²) in [5, 5.41) is 4.40. The zero-order valence-electron chi connectivity index (χ0n) is 11.7. The van der Waals surface area contributed by atoms with Crippen molar-refractivity contribution in [2.24, 2.45) is 0 Å². The lowest BCUT2D eigenvalue weighted by Crippen LogP contribution is -2.11. The number of anilines is 1. The van der Waals surface area contributed by atoms with Crippen LogP contribution < -0.4 is 15.2 Å². The summed E-state index contributed by atoms with van der Waals surface area (Å²) < 4.78 is 12.3. The van der Waals surface area contributed by atoms with E-state index in [2.05, 4.69) is 5.10 Å². The predicted octanol–water partition coefficient (Wildman–Crippen LogP) is 2.40. The molecule has 0 aliphatic rings. The second-order valence-corrected chi connectivity index (χ2v) is 4.45. The third kappa shape index (κ3) is 2.50. The summed E-state index contributed by atoms with van der Waals surface area (Å²) in [6, 6.07) is 7.71. The Labute approximate surface area is 112 Å². The summed E-state index contributed by atoms with van der Waals surface area (Å²) in [6.45, 7) is 3.97. The van der Waals surface area contributed by atoms with E-state index >= 15 is 0 Å². The molecule has 0 unspecified atom stereocenters. The number of nitrogens with two attached hydrogens (primary N) is 1. The van der Waals surface area contributed by atoms with Gasteiger partial charge in [-0.05, 0) is 31.5 Å². The molecule has 0 aliphatic heterocycles. The highest BCUT2D eigenvalue weighted by Gasteiger charge is 2.14. The third-order valence-electron chi connectivity index (χ3n) is 3.14. The number of aromatic nitrogens is 2. The molecule has 1 atom stereocenters. The molecule has 0 radical (unpaired) electrons. The Balaban J connectivity index is 2.39. The van der Waals surface area contributed by atoms with Crippen LogP contribution in [-0.2, 0) is 0 Å². The molecule has 0 amide bonds. The predicted molar refractivity (Wildman–Crippen MR) is 74.7 cm³/mol. The third-order valence-corrected chi connectivity index (χ3v) is 3.14. The lowest BCUT2D eigenvalue weighted by molar-refractivity contribution is 0.354. The Morgan fingerprint density at radius 2 is 1.84 bits per heavy atom. The van der Waals surface area contributed by atoms with Gasteiger partial charge in [0.2, 0.25) is 0 Å². The van der Waals surface area contributed by atoms with Crippen LogP contribution in [0.15, 0.2) is 24.3 Å². The first-order valence-electron chi connectivity index (χ1n) is 6.10. The Hall–Kier alpha value is -2.17. The van der Waals surface area contributed by atoms with Gasteiger partial charge < -0.3 is 15.2 Å². The second-order valence-electron chi connectivity index (χ2n) is 4.45. The van der Waals surface area contributed by atoms with Crippen molar-refractivity contribution in [2.75, 3.05) is 20.0 Å². The van der Waals surface area contributed by atoms with E-state index in [1.807, 2.05) is 38.1 Å². The van der Waals surface area contributed by atoms with Gasteiger partial charge in [-0.25, -0.2) is 4.68 Å². The molecule has 1 heterocycles. The summed E-state index contributed by atoms with van der Waals surface area (Å²) >= 11 is 0. The van der Waals surface area contributed by atoms with Gasteiger partial charge in [-0.1, -0.05) is 6.07 Å². The highest BCUT2D eigenvalue weighted by Crippen LogP contribution is 2.31. The van der Waals surface area contributed by atoms with Gasteiger partial charge >= 0.3 is 0 Å². The number of nitrogen functional groups attached to an aromatic ring is 1. The lowest BCUT2D eigenvalue weighted by Gasteiger charge is -2.16. The van der Waals surface area contributed by atoms with Gasteiger partial charge in [0.15, 0.2) is 11.5 Å². The fourth-order valence-corrected chi connectivity index (χ4v) is 2.10. The minimum atomic E-state index is 0.0357. The topological polar surface area (TPSA) is 62.3 Å². The summed E-state index contributed by atoms with van der Waals surface area (Å²) in [7, 11) is 3.24. The maximum absolute atomic E-state index is 5.95. The molecule has 0 spiro atoms. The lowest BCUT2D eigenvalue weighted by atomic mass is 10.1. The molecule has 0 saturated heterocycles. The number of ether oxygens (including phenoxy) is 2. The molecule has 2 N–H and O–H groups in total. The van der Waals surface area contributed by atoms with E-state index in [9.17, 15) is 0 Å². The van der Waals surface area contributed by atoms with E-state index in [-0.39, 0.29) is 6.04 Å². The van der Waals surface area contributed by atoms with Crippen LogP contribution in [0.1, 0.15) is 24.2 Å². The van der Waals surface area contributed by atoms with E-state index < -0.39 is 0 Å². The summed E-state index contributed by atoms with van der Waals surface area (Å²) in [4.78, 5) is 0. The summed E-state index contributed by atoms with van der Waals surface area (Å²) in [6.07, 6.45) is 0. The van der Waals surface area contributed by atoms with Crippen molar-refractivity contribution < 1.29 is 9.47 Å². The zero-order chi connectivity index (χ0) is 14.0. The van der Waals surface area contributed by atoms with Crippen molar-refractivity contribution in [1.29, 1.82) is 0 Å². The average Bonchev–Trinajstić information content (AvgIpc) is 2.76. The van der Waals surface area contributed by atoms with Crippen molar-refractivity contribution in [3.8, 4) is 11.5 Å². The monoisotopic (exact) mass is 261 g/mol. The Morgan fingerprint density at radius 1 is 1.16 bits per heavy atom. The van der Waals surface area contributed by atoms with Gasteiger partial charge in [0.05, 0.1) is 26.0 Å². The summed E-state index contributed by atoms with van der Waals surface area (Å²) in [5.41, 5.74) is 7.92. The van der Waals surface area contributed by atoms with Crippen molar-refractivity contribution >= 4 is 5.82 Å². The number of nitrogens with zero attached hydrogens (tertiary/aromatic N) is 2. The van der Waals surface area contributed by atoms with Crippen molar-refractivity contribution in [2.45, 2.75) is 19.9 Å². The van der Waals surface area contributed by atoms with E-state index in [1.54, 1.807) is 18.9 Å². The van der Waals surface area contributed by atoms with Crippen LogP contribution in [0.25, 0.3) is 0 Å². The molecule has 102 valence electrons. The van der Waals surface area contributed by atoms with E-state index in [4.69, 9.17) is 15.2 Å². The zero-order valence-corrected chi connectivity index (χ0v) is 11.7. The number of aryl methyl sites for hydroxylation is 1. The van der Waals surface area contributed by atoms with Gasteiger partial charge in [-0.15, -0.1) is 0 Å². The number of hydrogen-bond donors (Lipinski definition) is 1. The molecule has 19 heavy (non-hydrogen) atoms. The van der Waals surface area contributed by atoms with Crippen LogP contribution in [0.3, 0.4) is 0 Å². The fourth-order valence-electron chi connectivity index (χ4n) is 2.10. The van der Waals surface area contributed by atoms with Crippen LogP contribution in [0.2, 0.25) is 0 Å². The molecule has 1 aromatic carbocycles. The molecule has 0 aliphatic carbocycles. The minimum absolute atomic E-state index is 0.0357. The maximum atomic E-state index is 5.95. The highest BCUT2D eigenvalue weighted by atomic mass is 16.5. The van der Waals surface area contributed by atoms with Crippen LogP contribution >= 0.6 is 0 Å². The first-order valence-corrected chi connectivity index (χ1v) is 6.10. The van der Waals surface area contributed by atoms with Gasteiger partial charge in [-0.3, -0.25) is 0 Å². The molecule has 5 nitrogen and oxygen atoms in total. The standard InChI is InChI=1S/C14H19N3O2/c1-9-7-14(15)17(16-9)10(2)11-5-6-12(18-3)13(8-11)19-4/h5-8,10H,15H2,1-4H3/t10-/m0/s1. The van der Waals surface area contributed by atoms with E-state index in [0.29, 0.717) is 17.3 Å². The molecule has 2 aromatic rings. The molecule has 0 fully saturated rings. The van der Waals surface area contributed by atoms with Gasteiger partial charge in [0.25, 0.3) is 0 Å². The first-order chi connectivity index (χ1) is 9.06. The number of rotatable bonds is 4. The Kier molecular flexibility index (Phi) is 3.64. The SMILES string of the molecule is COc1ccc([C@H](C)n2nc(C)cc2N)cc1OC. The van der Waals surface area contributed by atoms with Gasteiger partial charge in [-0.2, -0.15) is 5.10 Å². The van der Waals surface area contributed by atoms with Crippen LogP contribution in [0, 0.1) is 6.92 Å². The molecule has 2 rings (SSSR count). The normalized spacial score (nSPS) is 12.2. The van der Waals surface area contributed by atoms with Crippen molar-refractivity contribution in [1.82, 2.24) is 9.78 Å². The molecular weight excluding hydrogens is 242 g/mol. The molecule has 0 saturated carbocycles. The molecule has 5 heteroatoms. The largest absolute Gasteiger partial charge is 0.493 e. The minimum Gasteiger partial charge on any atom is -0.493 e. The number of methoxy groups -OCH3 is 2. The smallest absolute Gasteiger partial charge is 0.161 e. The van der Waals surface area contributed by atoms with E-state index in [0.717, 1.165) is 11.3 Å². The second kappa shape index (κ2) is 5.22. The quantitative estimate of drug-likeness (QED) is 0.918. The summed E-state index contributed by atoms with van der Waals surface area (Å²) in [5.74, 6) is 2.07. The fraction of sp³-hybridized carbons (Fsp3) is 0.357. The molecule has 1 aromatic heterocycles. The van der Waals surface area contributed by atoms with Gasteiger partial charge in [0.1, 0.15) is 5.82 Å². The van der Waals surface area contributed by atoms with Crippen molar-refractivity contribution in [3.63, 3.8) is 0 Å². The number of hydrogen-bond acceptors (Lipinski definition) is 4. The van der Waals surface area contributed by atoms with Crippen molar-refractivity contribution in [3.05, 3.63) is 35.5 Å². The Bertz CT molecular complexity index is 578. The van der Waals surface area contributed by atoms with Crippen LogP contribution in [0.4, 0.5) is 5.82 Å². The highest BCUT2D eigenvalue weighted by molar-refractivity contribution is 5.44. The van der Waals surface area contributed by atoms with Gasteiger partial charge in [0, 0.05) is 6.07 Å². The molecule has 0 bridgehead atoms. The molecular formula is C14H19N3O2. The average molecular weight is 261 g/mol.